The van der Waals surface area contributed by atoms with Crippen molar-refractivity contribution in [2.45, 2.75) is 13.0 Å². The summed E-state index contributed by atoms with van der Waals surface area (Å²) >= 11 is 12.2. The molecular formula is C19H18Cl2N2O3. The van der Waals surface area contributed by atoms with Gasteiger partial charge in [0, 0.05) is 23.7 Å². The number of halogens is 2. The van der Waals surface area contributed by atoms with E-state index in [2.05, 4.69) is 0 Å². The summed E-state index contributed by atoms with van der Waals surface area (Å²) < 4.78 is 5.11. The van der Waals surface area contributed by atoms with Crippen molar-refractivity contribution < 1.29 is 14.3 Å². The number of rotatable bonds is 3. The highest BCUT2D eigenvalue weighted by Crippen LogP contribution is 2.31. The van der Waals surface area contributed by atoms with Crippen molar-refractivity contribution in [3.8, 4) is 5.75 Å². The molecule has 2 amide bonds. The predicted molar refractivity (Wildman–Crippen MR) is 102 cm³/mol. The van der Waals surface area contributed by atoms with Gasteiger partial charge in [0.05, 0.1) is 17.8 Å². The maximum absolute atomic E-state index is 12.8. The SMILES string of the molecule is COc1ccc(C(=O)N2CCN(c3ccc(Cl)cc3Cl)C(=O)[C@H]2C)cc1. The van der Waals surface area contributed by atoms with Crippen molar-refractivity contribution in [2.24, 2.45) is 0 Å². The zero-order valence-electron chi connectivity index (χ0n) is 14.4. The van der Waals surface area contributed by atoms with Crippen molar-refractivity contribution >= 4 is 40.7 Å². The van der Waals surface area contributed by atoms with E-state index in [4.69, 9.17) is 27.9 Å². The van der Waals surface area contributed by atoms with E-state index in [1.54, 1.807) is 66.3 Å². The van der Waals surface area contributed by atoms with Crippen LogP contribution in [-0.4, -0.2) is 43.0 Å². The van der Waals surface area contributed by atoms with E-state index < -0.39 is 6.04 Å². The lowest BCUT2D eigenvalue weighted by Crippen LogP contribution is -2.57. The Morgan fingerprint density at radius 1 is 1.12 bits per heavy atom. The first-order valence-corrected chi connectivity index (χ1v) is 8.89. The maximum atomic E-state index is 12.8. The van der Waals surface area contributed by atoms with Gasteiger partial charge in [-0.3, -0.25) is 9.59 Å². The monoisotopic (exact) mass is 392 g/mol. The van der Waals surface area contributed by atoms with E-state index in [1.807, 2.05) is 0 Å². The number of carbonyl (C=O) groups excluding carboxylic acids is 2. The van der Waals surface area contributed by atoms with Crippen LogP contribution < -0.4 is 9.64 Å². The molecule has 0 spiro atoms. The lowest BCUT2D eigenvalue weighted by atomic mass is 10.1. The molecule has 0 unspecified atom stereocenters. The first-order valence-electron chi connectivity index (χ1n) is 8.14. The van der Waals surface area contributed by atoms with Gasteiger partial charge in [0.1, 0.15) is 11.8 Å². The van der Waals surface area contributed by atoms with Crippen LogP contribution in [0.4, 0.5) is 5.69 Å². The van der Waals surface area contributed by atoms with Gasteiger partial charge in [0.15, 0.2) is 0 Å². The van der Waals surface area contributed by atoms with Gasteiger partial charge in [0.2, 0.25) is 5.91 Å². The standard InChI is InChI=1S/C19H18Cl2N2O3/c1-12-18(24)23(17-8-5-14(20)11-16(17)21)10-9-22(12)19(25)13-3-6-15(26-2)7-4-13/h3-8,11-12H,9-10H2,1-2H3/t12-/m1/s1. The highest BCUT2D eigenvalue weighted by Gasteiger charge is 2.36. The molecule has 2 aromatic carbocycles. The van der Waals surface area contributed by atoms with Crippen LogP contribution in [0.25, 0.3) is 0 Å². The Morgan fingerprint density at radius 3 is 2.42 bits per heavy atom. The number of benzene rings is 2. The second-order valence-corrected chi connectivity index (χ2v) is 6.83. The number of nitrogens with zero attached hydrogens (tertiary/aromatic N) is 2. The van der Waals surface area contributed by atoms with Gasteiger partial charge in [-0.15, -0.1) is 0 Å². The predicted octanol–water partition coefficient (Wildman–Crippen LogP) is 3.88. The fourth-order valence-electron chi connectivity index (χ4n) is 2.99. The topological polar surface area (TPSA) is 49.9 Å². The molecule has 1 aliphatic rings. The van der Waals surface area contributed by atoms with Gasteiger partial charge in [-0.1, -0.05) is 23.2 Å². The summed E-state index contributed by atoms with van der Waals surface area (Å²) in [6, 6.07) is 11.3. The smallest absolute Gasteiger partial charge is 0.254 e. The highest BCUT2D eigenvalue weighted by atomic mass is 35.5. The van der Waals surface area contributed by atoms with Gasteiger partial charge in [-0.2, -0.15) is 0 Å². The normalized spacial score (nSPS) is 17.4. The lowest BCUT2D eigenvalue weighted by Gasteiger charge is -2.39. The van der Waals surface area contributed by atoms with Crippen LogP contribution in [0, 0.1) is 0 Å². The van der Waals surface area contributed by atoms with Gasteiger partial charge in [-0.25, -0.2) is 0 Å². The van der Waals surface area contributed by atoms with Gasteiger partial charge < -0.3 is 14.5 Å². The number of piperazine rings is 1. The fourth-order valence-corrected chi connectivity index (χ4v) is 3.50. The van der Waals surface area contributed by atoms with Gasteiger partial charge >= 0.3 is 0 Å². The Bertz CT molecular complexity index is 839. The third kappa shape index (κ3) is 3.50. The van der Waals surface area contributed by atoms with E-state index in [-0.39, 0.29) is 11.8 Å². The van der Waals surface area contributed by atoms with E-state index >= 15 is 0 Å². The summed E-state index contributed by atoms with van der Waals surface area (Å²) in [5, 5.41) is 0.917. The molecular weight excluding hydrogens is 375 g/mol. The Hall–Kier alpha value is -2.24. The third-order valence-electron chi connectivity index (χ3n) is 4.45. The number of carbonyl (C=O) groups is 2. The summed E-state index contributed by atoms with van der Waals surface area (Å²) in [7, 11) is 1.57. The molecule has 0 N–H and O–H groups in total. The number of amides is 2. The minimum Gasteiger partial charge on any atom is -0.497 e. The molecule has 7 heteroatoms. The van der Waals surface area contributed by atoms with E-state index in [9.17, 15) is 9.59 Å². The molecule has 1 saturated heterocycles. The van der Waals surface area contributed by atoms with Crippen LogP contribution in [0.5, 0.6) is 5.75 Å². The number of ether oxygens (including phenoxy) is 1. The minimum atomic E-state index is -0.593. The first-order chi connectivity index (χ1) is 12.4. The molecule has 0 aromatic heterocycles. The molecule has 0 saturated carbocycles. The molecule has 1 aliphatic heterocycles. The molecule has 136 valence electrons. The Labute approximate surface area is 162 Å². The molecule has 1 atom stereocenters. The van der Waals surface area contributed by atoms with Crippen molar-refractivity contribution in [3.63, 3.8) is 0 Å². The van der Waals surface area contributed by atoms with Crippen molar-refractivity contribution in [2.75, 3.05) is 25.1 Å². The minimum absolute atomic E-state index is 0.178. The number of anilines is 1. The second-order valence-electron chi connectivity index (χ2n) is 5.99. The van der Waals surface area contributed by atoms with Crippen molar-refractivity contribution in [3.05, 3.63) is 58.1 Å². The van der Waals surface area contributed by atoms with Crippen LogP contribution in [0.1, 0.15) is 17.3 Å². The van der Waals surface area contributed by atoms with E-state index in [0.717, 1.165) is 0 Å². The molecule has 26 heavy (non-hydrogen) atoms. The average molecular weight is 393 g/mol. The summed E-state index contributed by atoms with van der Waals surface area (Å²) in [5.41, 5.74) is 1.12. The Morgan fingerprint density at radius 2 is 1.81 bits per heavy atom. The molecule has 3 rings (SSSR count). The summed E-state index contributed by atoms with van der Waals surface area (Å²) in [6.45, 7) is 2.50. The quantitative estimate of drug-likeness (QED) is 0.796. The summed E-state index contributed by atoms with van der Waals surface area (Å²) in [5.74, 6) is 0.311. The van der Waals surface area contributed by atoms with E-state index in [1.165, 1.54) is 0 Å². The average Bonchev–Trinajstić information content (AvgIpc) is 2.64. The molecule has 2 aromatic rings. The first kappa shape index (κ1) is 18.5. The second kappa shape index (κ2) is 7.56. The third-order valence-corrected chi connectivity index (χ3v) is 4.99. The lowest BCUT2D eigenvalue weighted by molar-refractivity contribution is -0.124. The van der Waals surface area contributed by atoms with Gasteiger partial charge in [-0.05, 0) is 49.4 Å². The van der Waals surface area contributed by atoms with Crippen molar-refractivity contribution in [1.82, 2.24) is 4.90 Å². The molecule has 0 aliphatic carbocycles. The number of hydrogen-bond donors (Lipinski definition) is 0. The van der Waals surface area contributed by atoms with Crippen LogP contribution in [0.15, 0.2) is 42.5 Å². The van der Waals surface area contributed by atoms with E-state index in [0.29, 0.717) is 40.1 Å². The maximum Gasteiger partial charge on any atom is 0.254 e. The number of hydrogen-bond acceptors (Lipinski definition) is 3. The highest BCUT2D eigenvalue weighted by molar-refractivity contribution is 6.36. The zero-order chi connectivity index (χ0) is 18.8. The zero-order valence-corrected chi connectivity index (χ0v) is 15.9. The number of methoxy groups -OCH3 is 1. The molecule has 1 fully saturated rings. The molecule has 0 radical (unpaired) electrons. The summed E-state index contributed by atoms with van der Waals surface area (Å²) in [4.78, 5) is 28.8. The Kier molecular flexibility index (Phi) is 5.39. The van der Waals surface area contributed by atoms with Crippen LogP contribution in [0.2, 0.25) is 10.0 Å². The Balaban J connectivity index is 1.79. The van der Waals surface area contributed by atoms with Crippen LogP contribution in [0.3, 0.4) is 0 Å². The van der Waals surface area contributed by atoms with Crippen LogP contribution >= 0.6 is 23.2 Å². The fraction of sp³-hybridized carbons (Fsp3) is 0.263. The van der Waals surface area contributed by atoms with Crippen LogP contribution in [-0.2, 0) is 4.79 Å². The van der Waals surface area contributed by atoms with Crippen molar-refractivity contribution in [1.29, 1.82) is 0 Å². The molecule has 5 nitrogen and oxygen atoms in total. The summed E-state index contributed by atoms with van der Waals surface area (Å²) in [6.07, 6.45) is 0. The molecule has 1 heterocycles. The van der Waals surface area contributed by atoms with Gasteiger partial charge in [0.25, 0.3) is 5.91 Å². The molecule has 0 bridgehead atoms. The largest absolute Gasteiger partial charge is 0.497 e.